The molecule has 0 atom stereocenters. The molecule has 92 valence electrons. The summed E-state index contributed by atoms with van der Waals surface area (Å²) >= 11 is 0. The van der Waals surface area contributed by atoms with Crippen LogP contribution in [0.25, 0.3) is 11.0 Å². The first-order valence-corrected chi connectivity index (χ1v) is 5.27. The van der Waals surface area contributed by atoms with Crippen molar-refractivity contribution in [1.82, 2.24) is 15.3 Å². The third-order valence-corrected chi connectivity index (χ3v) is 2.30. The van der Waals surface area contributed by atoms with E-state index in [-0.39, 0.29) is 12.2 Å². The van der Waals surface area contributed by atoms with Gasteiger partial charge in [-0.05, 0) is 12.1 Å². The van der Waals surface area contributed by atoms with Gasteiger partial charge in [-0.2, -0.15) is 0 Å². The normalized spacial score (nSPS) is 10.1. The number of methoxy groups -OCH3 is 1. The number of para-hydroxylation sites is 2. The van der Waals surface area contributed by atoms with E-state index >= 15 is 0 Å². The molecule has 0 spiro atoms. The summed E-state index contributed by atoms with van der Waals surface area (Å²) in [6.07, 6.45) is 1.37. The molecule has 6 heteroatoms. The van der Waals surface area contributed by atoms with Crippen molar-refractivity contribution in [3.63, 3.8) is 0 Å². The van der Waals surface area contributed by atoms with Crippen LogP contribution in [0.15, 0.2) is 30.5 Å². The standard InChI is InChI=1S/C12H11N3O3/c1-18-11(16)7-14-12(17)10-6-13-8-4-2-3-5-9(8)15-10/h2-6H,7H2,1H3,(H,14,17). The van der Waals surface area contributed by atoms with Crippen molar-refractivity contribution in [2.45, 2.75) is 0 Å². The highest BCUT2D eigenvalue weighted by Crippen LogP contribution is 2.08. The van der Waals surface area contributed by atoms with Gasteiger partial charge in [0.2, 0.25) is 0 Å². The van der Waals surface area contributed by atoms with Crippen molar-refractivity contribution in [3.05, 3.63) is 36.2 Å². The number of benzene rings is 1. The van der Waals surface area contributed by atoms with Crippen LogP contribution in [0.3, 0.4) is 0 Å². The second-order valence-electron chi connectivity index (χ2n) is 3.50. The first-order chi connectivity index (χ1) is 8.70. The lowest BCUT2D eigenvalue weighted by Gasteiger charge is -2.03. The number of esters is 1. The van der Waals surface area contributed by atoms with Crippen LogP contribution in [0.5, 0.6) is 0 Å². The molecule has 1 aromatic carbocycles. The molecule has 2 aromatic rings. The number of rotatable bonds is 3. The Morgan fingerprint density at radius 1 is 1.28 bits per heavy atom. The maximum atomic E-state index is 11.7. The van der Waals surface area contributed by atoms with Crippen LogP contribution in [-0.4, -0.2) is 35.5 Å². The Morgan fingerprint density at radius 2 is 2.00 bits per heavy atom. The predicted octanol–water partition coefficient (Wildman–Crippen LogP) is 0.533. The summed E-state index contributed by atoms with van der Waals surface area (Å²) in [5.74, 6) is -0.976. The summed E-state index contributed by atoms with van der Waals surface area (Å²) in [5, 5.41) is 2.40. The molecular formula is C12H11N3O3. The van der Waals surface area contributed by atoms with Gasteiger partial charge in [0, 0.05) is 0 Å². The number of amides is 1. The molecular weight excluding hydrogens is 234 g/mol. The van der Waals surface area contributed by atoms with E-state index in [0.29, 0.717) is 11.0 Å². The molecule has 0 saturated carbocycles. The van der Waals surface area contributed by atoms with Gasteiger partial charge >= 0.3 is 5.97 Å². The van der Waals surface area contributed by atoms with Crippen molar-refractivity contribution in [2.75, 3.05) is 13.7 Å². The van der Waals surface area contributed by atoms with Gasteiger partial charge in [-0.15, -0.1) is 0 Å². The van der Waals surface area contributed by atoms with Crippen LogP contribution in [0.2, 0.25) is 0 Å². The van der Waals surface area contributed by atoms with Crippen molar-refractivity contribution < 1.29 is 14.3 Å². The lowest BCUT2D eigenvalue weighted by molar-refractivity contribution is -0.139. The highest BCUT2D eigenvalue weighted by molar-refractivity contribution is 5.95. The van der Waals surface area contributed by atoms with Crippen molar-refractivity contribution in [1.29, 1.82) is 0 Å². The molecule has 0 fully saturated rings. The quantitative estimate of drug-likeness (QED) is 0.798. The summed E-state index contributed by atoms with van der Waals surface area (Å²) in [4.78, 5) is 30.8. The van der Waals surface area contributed by atoms with Gasteiger partial charge in [0.1, 0.15) is 12.2 Å². The molecule has 1 N–H and O–H groups in total. The zero-order chi connectivity index (χ0) is 13.0. The van der Waals surface area contributed by atoms with E-state index < -0.39 is 11.9 Å². The summed E-state index contributed by atoms with van der Waals surface area (Å²) in [5.41, 5.74) is 1.50. The molecule has 0 saturated heterocycles. The molecule has 0 aliphatic carbocycles. The van der Waals surface area contributed by atoms with Crippen LogP contribution in [0.4, 0.5) is 0 Å². The van der Waals surface area contributed by atoms with Gasteiger partial charge in [-0.1, -0.05) is 12.1 Å². The number of nitrogens with zero attached hydrogens (tertiary/aromatic N) is 2. The van der Waals surface area contributed by atoms with Gasteiger partial charge in [0.05, 0.1) is 24.3 Å². The summed E-state index contributed by atoms with van der Waals surface area (Å²) in [7, 11) is 1.25. The fourth-order valence-electron chi connectivity index (χ4n) is 1.38. The lowest BCUT2D eigenvalue weighted by atomic mass is 10.3. The Balaban J connectivity index is 2.15. The van der Waals surface area contributed by atoms with Crippen LogP contribution in [0, 0.1) is 0 Å². The van der Waals surface area contributed by atoms with E-state index in [9.17, 15) is 9.59 Å². The number of hydrogen-bond donors (Lipinski definition) is 1. The van der Waals surface area contributed by atoms with Gasteiger partial charge in [0.15, 0.2) is 0 Å². The number of carbonyl (C=O) groups excluding carboxylic acids is 2. The SMILES string of the molecule is COC(=O)CNC(=O)c1cnc2ccccc2n1. The first-order valence-electron chi connectivity index (χ1n) is 5.27. The number of hydrogen-bond acceptors (Lipinski definition) is 5. The Bertz CT molecular complexity index is 598. The highest BCUT2D eigenvalue weighted by Gasteiger charge is 2.10. The molecule has 0 unspecified atom stereocenters. The Morgan fingerprint density at radius 3 is 2.72 bits per heavy atom. The van der Waals surface area contributed by atoms with Crippen LogP contribution < -0.4 is 5.32 Å². The Labute approximate surface area is 103 Å². The van der Waals surface area contributed by atoms with Crippen LogP contribution in [-0.2, 0) is 9.53 Å². The lowest BCUT2D eigenvalue weighted by Crippen LogP contribution is -2.30. The van der Waals surface area contributed by atoms with Crippen molar-refractivity contribution >= 4 is 22.9 Å². The second-order valence-corrected chi connectivity index (χ2v) is 3.50. The Hall–Kier alpha value is -2.50. The minimum atomic E-state index is -0.517. The number of fused-ring (bicyclic) bond motifs is 1. The molecule has 18 heavy (non-hydrogen) atoms. The molecule has 1 heterocycles. The largest absolute Gasteiger partial charge is 0.468 e. The smallest absolute Gasteiger partial charge is 0.325 e. The molecule has 2 rings (SSSR count). The van der Waals surface area contributed by atoms with Crippen molar-refractivity contribution in [2.24, 2.45) is 0 Å². The molecule has 6 nitrogen and oxygen atoms in total. The third kappa shape index (κ3) is 2.60. The summed E-state index contributed by atoms with van der Waals surface area (Å²) in [6.45, 7) is -0.191. The van der Waals surface area contributed by atoms with E-state index in [2.05, 4.69) is 20.0 Å². The fourth-order valence-corrected chi connectivity index (χ4v) is 1.38. The highest BCUT2D eigenvalue weighted by atomic mass is 16.5. The van der Waals surface area contributed by atoms with E-state index in [1.54, 1.807) is 12.1 Å². The molecule has 0 radical (unpaired) electrons. The van der Waals surface area contributed by atoms with E-state index in [0.717, 1.165) is 0 Å². The minimum absolute atomic E-state index is 0.164. The van der Waals surface area contributed by atoms with E-state index in [1.807, 2.05) is 12.1 Å². The molecule has 1 aromatic heterocycles. The third-order valence-electron chi connectivity index (χ3n) is 2.30. The predicted molar refractivity (Wildman–Crippen MR) is 63.9 cm³/mol. The maximum absolute atomic E-state index is 11.7. The number of carbonyl (C=O) groups is 2. The zero-order valence-electron chi connectivity index (χ0n) is 9.71. The zero-order valence-corrected chi connectivity index (χ0v) is 9.71. The van der Waals surface area contributed by atoms with Gasteiger partial charge in [-0.3, -0.25) is 14.6 Å². The molecule has 0 bridgehead atoms. The summed E-state index contributed by atoms with van der Waals surface area (Å²) < 4.78 is 4.42. The fraction of sp³-hybridized carbons (Fsp3) is 0.167. The number of aromatic nitrogens is 2. The van der Waals surface area contributed by atoms with E-state index in [4.69, 9.17) is 0 Å². The van der Waals surface area contributed by atoms with Gasteiger partial charge in [-0.25, -0.2) is 4.98 Å². The maximum Gasteiger partial charge on any atom is 0.325 e. The number of ether oxygens (including phenoxy) is 1. The molecule has 0 aliphatic rings. The monoisotopic (exact) mass is 245 g/mol. The average Bonchev–Trinajstić information content (AvgIpc) is 2.43. The molecule has 0 aliphatic heterocycles. The van der Waals surface area contributed by atoms with E-state index in [1.165, 1.54) is 13.3 Å². The second kappa shape index (κ2) is 5.22. The topological polar surface area (TPSA) is 81.2 Å². The van der Waals surface area contributed by atoms with Crippen LogP contribution >= 0.6 is 0 Å². The molecule has 1 amide bonds. The Kier molecular flexibility index (Phi) is 3.47. The number of nitrogens with one attached hydrogen (secondary N) is 1. The van der Waals surface area contributed by atoms with Gasteiger partial charge in [0.25, 0.3) is 5.91 Å². The summed E-state index contributed by atoms with van der Waals surface area (Å²) in [6, 6.07) is 7.22. The average molecular weight is 245 g/mol. The first kappa shape index (κ1) is 12.0. The van der Waals surface area contributed by atoms with Crippen molar-refractivity contribution in [3.8, 4) is 0 Å². The van der Waals surface area contributed by atoms with Gasteiger partial charge < -0.3 is 10.1 Å². The minimum Gasteiger partial charge on any atom is -0.468 e. The van der Waals surface area contributed by atoms with Crippen LogP contribution in [0.1, 0.15) is 10.5 Å².